The molecule has 4 nitrogen and oxygen atoms in total. The summed E-state index contributed by atoms with van der Waals surface area (Å²) in [5.74, 6) is -1.14. The van der Waals surface area contributed by atoms with Gasteiger partial charge in [-0.3, -0.25) is 9.59 Å². The highest BCUT2D eigenvalue weighted by Gasteiger charge is 2.17. The summed E-state index contributed by atoms with van der Waals surface area (Å²) >= 11 is 0. The highest BCUT2D eigenvalue weighted by Crippen LogP contribution is 2.14. The van der Waals surface area contributed by atoms with Gasteiger partial charge in [0.25, 0.3) is 0 Å². The summed E-state index contributed by atoms with van der Waals surface area (Å²) in [6, 6.07) is 0. The SMILES string of the molecule is C=CCCCCCCCCCCC(=O)OC(CCCCC)CC(=O)O. The van der Waals surface area contributed by atoms with Gasteiger partial charge in [0.1, 0.15) is 6.10 Å². The summed E-state index contributed by atoms with van der Waals surface area (Å²) in [6.45, 7) is 5.82. The fourth-order valence-corrected chi connectivity index (χ4v) is 2.88. The van der Waals surface area contributed by atoms with Crippen molar-refractivity contribution in [1.82, 2.24) is 0 Å². The molecule has 25 heavy (non-hydrogen) atoms. The van der Waals surface area contributed by atoms with Crippen molar-refractivity contribution in [2.24, 2.45) is 0 Å². The second-order valence-corrected chi connectivity index (χ2v) is 6.86. The van der Waals surface area contributed by atoms with Crippen LogP contribution in [-0.2, 0) is 14.3 Å². The fourth-order valence-electron chi connectivity index (χ4n) is 2.88. The van der Waals surface area contributed by atoms with Gasteiger partial charge < -0.3 is 9.84 Å². The molecule has 0 saturated heterocycles. The quantitative estimate of drug-likeness (QED) is 0.185. The summed E-state index contributed by atoms with van der Waals surface area (Å²) in [5, 5.41) is 8.92. The van der Waals surface area contributed by atoms with Gasteiger partial charge in [0, 0.05) is 6.42 Å². The standard InChI is InChI=1S/C21H38O4/c1-3-5-7-8-9-10-11-12-13-15-17-21(24)25-19(18-20(22)23)16-14-6-4-2/h3,19H,1,4-18H2,2H3,(H,22,23). The van der Waals surface area contributed by atoms with Crippen molar-refractivity contribution < 1.29 is 19.4 Å². The van der Waals surface area contributed by atoms with Gasteiger partial charge in [0.2, 0.25) is 0 Å². The lowest BCUT2D eigenvalue weighted by Crippen LogP contribution is -2.21. The molecule has 0 aromatic carbocycles. The monoisotopic (exact) mass is 354 g/mol. The number of carboxylic acids is 1. The van der Waals surface area contributed by atoms with E-state index in [1.807, 2.05) is 6.08 Å². The number of hydrogen-bond acceptors (Lipinski definition) is 3. The molecule has 0 aromatic rings. The normalized spacial score (nSPS) is 11.9. The predicted octanol–water partition coefficient (Wildman–Crippen LogP) is 6.04. The molecule has 0 heterocycles. The van der Waals surface area contributed by atoms with Crippen molar-refractivity contribution in [3.05, 3.63) is 12.7 Å². The number of allylic oxidation sites excluding steroid dienone is 1. The molecule has 4 heteroatoms. The maximum atomic E-state index is 11.9. The Kier molecular flexibility index (Phi) is 16.6. The Morgan fingerprint density at radius 3 is 2.12 bits per heavy atom. The first kappa shape index (κ1) is 23.7. The number of unbranched alkanes of at least 4 members (excludes halogenated alkanes) is 10. The van der Waals surface area contributed by atoms with Crippen LogP contribution >= 0.6 is 0 Å². The van der Waals surface area contributed by atoms with Crippen molar-refractivity contribution >= 4 is 11.9 Å². The van der Waals surface area contributed by atoms with Crippen molar-refractivity contribution in [1.29, 1.82) is 0 Å². The number of ether oxygens (including phenoxy) is 1. The Labute approximate surface area is 154 Å². The van der Waals surface area contributed by atoms with E-state index < -0.39 is 12.1 Å². The van der Waals surface area contributed by atoms with Crippen LogP contribution in [0.4, 0.5) is 0 Å². The van der Waals surface area contributed by atoms with Crippen LogP contribution in [0.5, 0.6) is 0 Å². The van der Waals surface area contributed by atoms with Crippen LogP contribution in [0.25, 0.3) is 0 Å². The van der Waals surface area contributed by atoms with Crippen molar-refractivity contribution in [3.8, 4) is 0 Å². The lowest BCUT2D eigenvalue weighted by molar-refractivity contribution is -0.153. The Morgan fingerprint density at radius 1 is 0.960 bits per heavy atom. The zero-order valence-electron chi connectivity index (χ0n) is 16.1. The fraction of sp³-hybridized carbons (Fsp3) is 0.810. The van der Waals surface area contributed by atoms with E-state index in [0.717, 1.165) is 44.9 Å². The second kappa shape index (κ2) is 17.5. The van der Waals surface area contributed by atoms with Gasteiger partial charge in [0.15, 0.2) is 0 Å². The Morgan fingerprint density at radius 2 is 1.56 bits per heavy atom. The molecule has 146 valence electrons. The van der Waals surface area contributed by atoms with Gasteiger partial charge in [-0.2, -0.15) is 0 Å². The van der Waals surface area contributed by atoms with Gasteiger partial charge in [-0.15, -0.1) is 6.58 Å². The highest BCUT2D eigenvalue weighted by molar-refractivity contribution is 5.71. The number of esters is 1. The number of aliphatic carboxylic acids is 1. The Bertz CT molecular complexity index is 352. The van der Waals surface area contributed by atoms with E-state index in [0.29, 0.717) is 12.8 Å². The maximum absolute atomic E-state index is 11.9. The van der Waals surface area contributed by atoms with E-state index in [1.165, 1.54) is 32.1 Å². The van der Waals surface area contributed by atoms with Gasteiger partial charge in [-0.25, -0.2) is 0 Å². The zero-order chi connectivity index (χ0) is 18.8. The molecular weight excluding hydrogens is 316 g/mol. The summed E-state index contributed by atoms with van der Waals surface area (Å²) in [5.41, 5.74) is 0. The van der Waals surface area contributed by atoms with Crippen LogP contribution in [0.1, 0.15) is 103 Å². The first-order valence-corrected chi connectivity index (χ1v) is 10.1. The molecular formula is C21H38O4. The lowest BCUT2D eigenvalue weighted by Gasteiger charge is -2.16. The first-order chi connectivity index (χ1) is 12.1. The maximum Gasteiger partial charge on any atom is 0.307 e. The van der Waals surface area contributed by atoms with Crippen molar-refractivity contribution in [2.75, 3.05) is 0 Å². The second-order valence-electron chi connectivity index (χ2n) is 6.86. The van der Waals surface area contributed by atoms with Crippen molar-refractivity contribution in [3.63, 3.8) is 0 Å². The number of carbonyl (C=O) groups excluding carboxylic acids is 1. The first-order valence-electron chi connectivity index (χ1n) is 10.1. The highest BCUT2D eigenvalue weighted by atomic mass is 16.5. The van der Waals surface area contributed by atoms with E-state index in [4.69, 9.17) is 9.84 Å². The molecule has 1 atom stereocenters. The van der Waals surface area contributed by atoms with E-state index in [-0.39, 0.29) is 12.4 Å². The van der Waals surface area contributed by atoms with Crippen LogP contribution in [0.3, 0.4) is 0 Å². The molecule has 0 radical (unpaired) electrons. The molecule has 0 aliphatic heterocycles. The van der Waals surface area contributed by atoms with Crippen molar-refractivity contribution in [2.45, 2.75) is 109 Å². The third-order valence-corrected chi connectivity index (χ3v) is 4.37. The summed E-state index contributed by atoms with van der Waals surface area (Å²) in [4.78, 5) is 22.8. The molecule has 1 unspecified atom stereocenters. The Balaban J connectivity index is 3.67. The topological polar surface area (TPSA) is 63.6 Å². The Hall–Kier alpha value is -1.32. The molecule has 0 bridgehead atoms. The molecule has 0 amide bonds. The predicted molar refractivity (Wildman–Crippen MR) is 103 cm³/mol. The van der Waals surface area contributed by atoms with E-state index in [1.54, 1.807) is 0 Å². The minimum Gasteiger partial charge on any atom is -0.481 e. The lowest BCUT2D eigenvalue weighted by atomic mass is 10.1. The number of hydrogen-bond donors (Lipinski definition) is 1. The van der Waals surface area contributed by atoms with Crippen LogP contribution < -0.4 is 0 Å². The summed E-state index contributed by atoms with van der Waals surface area (Å²) < 4.78 is 5.36. The van der Waals surface area contributed by atoms with E-state index in [2.05, 4.69) is 13.5 Å². The molecule has 0 aromatic heterocycles. The molecule has 0 saturated carbocycles. The smallest absolute Gasteiger partial charge is 0.307 e. The number of carbonyl (C=O) groups is 2. The van der Waals surface area contributed by atoms with Gasteiger partial charge in [0.05, 0.1) is 6.42 Å². The van der Waals surface area contributed by atoms with Gasteiger partial charge in [-0.05, 0) is 32.1 Å². The van der Waals surface area contributed by atoms with Crippen LogP contribution in [-0.4, -0.2) is 23.1 Å². The largest absolute Gasteiger partial charge is 0.481 e. The summed E-state index contributed by atoms with van der Waals surface area (Å²) in [6.07, 6.45) is 16.0. The number of carboxylic acid groups (broad SMARTS) is 1. The minimum absolute atomic E-state index is 0.0820. The van der Waals surface area contributed by atoms with E-state index >= 15 is 0 Å². The van der Waals surface area contributed by atoms with Crippen LogP contribution in [0.2, 0.25) is 0 Å². The minimum atomic E-state index is -0.901. The third kappa shape index (κ3) is 17.3. The number of rotatable bonds is 18. The molecule has 0 aliphatic rings. The zero-order valence-corrected chi connectivity index (χ0v) is 16.1. The van der Waals surface area contributed by atoms with Crippen LogP contribution in [0, 0.1) is 0 Å². The average molecular weight is 355 g/mol. The average Bonchev–Trinajstić information content (AvgIpc) is 2.56. The third-order valence-electron chi connectivity index (χ3n) is 4.37. The molecule has 0 spiro atoms. The molecule has 0 aliphatic carbocycles. The van der Waals surface area contributed by atoms with Gasteiger partial charge >= 0.3 is 11.9 Å². The molecule has 1 N–H and O–H groups in total. The van der Waals surface area contributed by atoms with Gasteiger partial charge in [-0.1, -0.05) is 64.4 Å². The summed E-state index contributed by atoms with van der Waals surface area (Å²) in [7, 11) is 0. The van der Waals surface area contributed by atoms with Crippen LogP contribution in [0.15, 0.2) is 12.7 Å². The van der Waals surface area contributed by atoms with E-state index in [9.17, 15) is 9.59 Å². The molecule has 0 fully saturated rings. The molecule has 0 rings (SSSR count).